The van der Waals surface area contributed by atoms with Gasteiger partial charge in [-0.15, -0.1) is 0 Å². The molecule has 0 saturated heterocycles. The van der Waals surface area contributed by atoms with Gasteiger partial charge in [-0.3, -0.25) is 0 Å². The summed E-state index contributed by atoms with van der Waals surface area (Å²) in [5.41, 5.74) is 0.853. The highest BCUT2D eigenvalue weighted by atomic mass is 31.2. The van der Waals surface area contributed by atoms with Crippen molar-refractivity contribution in [3.8, 4) is 11.5 Å². The molecule has 0 atom stereocenters. The maximum Gasteiger partial charge on any atom is 0.257 e. The molecule has 0 aliphatic rings. The van der Waals surface area contributed by atoms with Gasteiger partial charge in [0.1, 0.15) is 7.14 Å². The Labute approximate surface area is 107 Å². The SMILES string of the molecule is CC(C)c1noc(-c2ccc(P(C)(C)=O)cc2)n1. The van der Waals surface area contributed by atoms with Crippen LogP contribution in [-0.2, 0) is 4.57 Å². The van der Waals surface area contributed by atoms with Crippen LogP contribution in [0, 0.1) is 0 Å². The summed E-state index contributed by atoms with van der Waals surface area (Å²) in [6.07, 6.45) is 0. The average Bonchev–Trinajstić information content (AvgIpc) is 2.77. The maximum absolute atomic E-state index is 11.9. The minimum Gasteiger partial charge on any atom is -0.334 e. The molecule has 0 fully saturated rings. The summed E-state index contributed by atoms with van der Waals surface area (Å²) in [5, 5.41) is 4.78. The first-order valence-electron chi connectivity index (χ1n) is 5.87. The van der Waals surface area contributed by atoms with Crippen molar-refractivity contribution in [3.05, 3.63) is 30.1 Å². The lowest BCUT2D eigenvalue weighted by atomic mass is 10.2. The van der Waals surface area contributed by atoms with Crippen LogP contribution in [0.4, 0.5) is 0 Å². The van der Waals surface area contributed by atoms with Crippen LogP contribution in [0.2, 0.25) is 0 Å². The lowest BCUT2D eigenvalue weighted by molar-refractivity contribution is 0.419. The van der Waals surface area contributed by atoms with Crippen LogP contribution in [0.5, 0.6) is 0 Å². The lowest BCUT2D eigenvalue weighted by Crippen LogP contribution is -2.01. The van der Waals surface area contributed by atoms with E-state index in [0.29, 0.717) is 11.7 Å². The van der Waals surface area contributed by atoms with Gasteiger partial charge in [0, 0.05) is 16.8 Å². The van der Waals surface area contributed by atoms with Gasteiger partial charge < -0.3 is 9.09 Å². The summed E-state index contributed by atoms with van der Waals surface area (Å²) >= 11 is 0. The van der Waals surface area contributed by atoms with Crippen molar-refractivity contribution in [2.75, 3.05) is 13.3 Å². The van der Waals surface area contributed by atoms with Crippen LogP contribution in [0.3, 0.4) is 0 Å². The third-order valence-electron chi connectivity index (χ3n) is 2.69. The topological polar surface area (TPSA) is 56.0 Å². The molecule has 0 N–H and O–H groups in total. The summed E-state index contributed by atoms with van der Waals surface area (Å²) < 4.78 is 17.1. The van der Waals surface area contributed by atoms with E-state index in [1.54, 1.807) is 13.3 Å². The van der Waals surface area contributed by atoms with Gasteiger partial charge in [-0.05, 0) is 25.5 Å². The van der Waals surface area contributed by atoms with E-state index in [2.05, 4.69) is 10.1 Å². The molecule has 1 aromatic heterocycles. The Bertz CT molecular complexity index is 581. The Morgan fingerprint density at radius 3 is 2.22 bits per heavy atom. The smallest absolute Gasteiger partial charge is 0.257 e. The second-order valence-corrected chi connectivity index (χ2v) is 8.23. The second-order valence-electron chi connectivity index (χ2n) is 5.01. The molecule has 96 valence electrons. The first-order chi connectivity index (χ1) is 8.38. The molecule has 1 aromatic carbocycles. The van der Waals surface area contributed by atoms with Crippen molar-refractivity contribution < 1.29 is 9.09 Å². The molecule has 0 bridgehead atoms. The van der Waals surface area contributed by atoms with Crippen molar-refractivity contribution in [1.29, 1.82) is 0 Å². The Morgan fingerprint density at radius 1 is 1.17 bits per heavy atom. The summed E-state index contributed by atoms with van der Waals surface area (Å²) in [5.74, 6) is 1.45. The van der Waals surface area contributed by atoms with Crippen LogP contribution < -0.4 is 5.30 Å². The molecular formula is C13H17N2O2P. The summed E-state index contributed by atoms with van der Waals surface area (Å²) in [6.45, 7) is 7.54. The van der Waals surface area contributed by atoms with Crippen LogP contribution in [0.25, 0.3) is 11.5 Å². The molecule has 5 heteroatoms. The Morgan fingerprint density at radius 2 is 1.78 bits per heavy atom. The summed E-state index contributed by atoms with van der Waals surface area (Å²) in [6, 6.07) is 7.45. The first kappa shape index (κ1) is 13.0. The van der Waals surface area contributed by atoms with E-state index in [4.69, 9.17) is 4.52 Å². The number of benzene rings is 1. The van der Waals surface area contributed by atoms with Crippen LogP contribution in [-0.4, -0.2) is 23.5 Å². The minimum atomic E-state index is -2.21. The summed E-state index contributed by atoms with van der Waals surface area (Å²) in [7, 11) is -2.21. The highest BCUT2D eigenvalue weighted by Crippen LogP contribution is 2.34. The number of aromatic nitrogens is 2. The maximum atomic E-state index is 11.9. The van der Waals surface area contributed by atoms with Crippen LogP contribution >= 0.6 is 7.14 Å². The lowest BCUT2D eigenvalue weighted by Gasteiger charge is -2.06. The van der Waals surface area contributed by atoms with Gasteiger partial charge in [0.05, 0.1) is 0 Å². The number of nitrogens with zero attached hydrogens (tertiary/aromatic N) is 2. The van der Waals surface area contributed by atoms with E-state index in [0.717, 1.165) is 10.9 Å². The monoisotopic (exact) mass is 264 g/mol. The Balaban J connectivity index is 2.31. The third-order valence-corrected chi connectivity index (χ3v) is 4.24. The number of rotatable bonds is 3. The van der Waals surface area contributed by atoms with Gasteiger partial charge in [-0.2, -0.15) is 4.98 Å². The minimum absolute atomic E-state index is 0.244. The predicted octanol–water partition coefficient (Wildman–Crippen LogP) is 3.11. The standard InChI is InChI=1S/C13H17N2O2P/c1-9(2)12-14-13(17-15-12)10-5-7-11(8-6-10)18(3,4)16/h5-9H,1-4H3. The molecule has 0 aliphatic heterocycles. The van der Waals surface area contributed by atoms with Crippen molar-refractivity contribution in [2.45, 2.75) is 19.8 Å². The highest BCUT2D eigenvalue weighted by molar-refractivity contribution is 7.70. The molecule has 0 spiro atoms. The van der Waals surface area contributed by atoms with Gasteiger partial charge in [0.15, 0.2) is 5.82 Å². The van der Waals surface area contributed by atoms with Crippen molar-refractivity contribution >= 4 is 12.4 Å². The third kappa shape index (κ3) is 2.70. The molecule has 4 nitrogen and oxygen atoms in total. The molecule has 0 aliphatic carbocycles. The quantitative estimate of drug-likeness (QED) is 0.799. The van der Waals surface area contributed by atoms with Crippen LogP contribution in [0.1, 0.15) is 25.6 Å². The molecule has 0 amide bonds. The molecule has 18 heavy (non-hydrogen) atoms. The van der Waals surface area contributed by atoms with E-state index < -0.39 is 7.14 Å². The number of hydrogen-bond acceptors (Lipinski definition) is 4. The first-order valence-corrected chi connectivity index (χ1v) is 8.47. The van der Waals surface area contributed by atoms with E-state index in [-0.39, 0.29) is 5.92 Å². The molecule has 1 heterocycles. The largest absolute Gasteiger partial charge is 0.334 e. The van der Waals surface area contributed by atoms with E-state index >= 15 is 0 Å². The molecule has 0 saturated carbocycles. The van der Waals surface area contributed by atoms with Crippen molar-refractivity contribution in [3.63, 3.8) is 0 Å². The Hall–Kier alpha value is -1.41. The zero-order chi connectivity index (χ0) is 13.3. The zero-order valence-electron chi connectivity index (χ0n) is 11.0. The predicted molar refractivity (Wildman–Crippen MR) is 72.9 cm³/mol. The van der Waals surface area contributed by atoms with E-state index in [1.807, 2.05) is 38.1 Å². The fraction of sp³-hybridized carbons (Fsp3) is 0.385. The van der Waals surface area contributed by atoms with E-state index in [1.165, 1.54) is 0 Å². The number of hydrogen-bond donors (Lipinski definition) is 0. The second kappa shape index (κ2) is 4.69. The normalized spacial score (nSPS) is 12.1. The average molecular weight is 264 g/mol. The molecule has 0 radical (unpaired) electrons. The zero-order valence-corrected chi connectivity index (χ0v) is 11.9. The van der Waals surface area contributed by atoms with Crippen molar-refractivity contribution in [2.24, 2.45) is 0 Å². The van der Waals surface area contributed by atoms with Gasteiger partial charge in [-0.25, -0.2) is 0 Å². The van der Waals surface area contributed by atoms with E-state index in [9.17, 15) is 4.57 Å². The van der Waals surface area contributed by atoms with Gasteiger partial charge in [-0.1, -0.05) is 31.1 Å². The fourth-order valence-corrected chi connectivity index (χ4v) is 2.42. The van der Waals surface area contributed by atoms with Gasteiger partial charge in [0.25, 0.3) is 5.89 Å². The van der Waals surface area contributed by atoms with Gasteiger partial charge >= 0.3 is 0 Å². The van der Waals surface area contributed by atoms with Crippen LogP contribution in [0.15, 0.2) is 28.8 Å². The molecule has 2 aromatic rings. The molecular weight excluding hydrogens is 247 g/mol. The van der Waals surface area contributed by atoms with Gasteiger partial charge in [0.2, 0.25) is 0 Å². The molecule has 0 unspecified atom stereocenters. The fourth-order valence-electron chi connectivity index (χ4n) is 1.55. The summed E-state index contributed by atoms with van der Waals surface area (Å²) in [4.78, 5) is 4.33. The Kier molecular flexibility index (Phi) is 3.40. The highest BCUT2D eigenvalue weighted by Gasteiger charge is 2.14. The molecule has 2 rings (SSSR count). The van der Waals surface area contributed by atoms with Crippen molar-refractivity contribution in [1.82, 2.24) is 10.1 Å².